The van der Waals surface area contributed by atoms with Crippen molar-refractivity contribution in [3.63, 3.8) is 0 Å². The highest BCUT2D eigenvalue weighted by atomic mass is 35.5. The van der Waals surface area contributed by atoms with Crippen LogP contribution in [0.15, 0.2) is 90.6 Å². The maximum Gasteiger partial charge on any atom is 0.262 e. The zero-order valence-electron chi connectivity index (χ0n) is 19.8. The van der Waals surface area contributed by atoms with E-state index < -0.39 is 5.91 Å². The largest absolute Gasteiger partial charge is 0.492 e. The molecule has 0 radical (unpaired) electrons. The van der Waals surface area contributed by atoms with Crippen LogP contribution in [0, 0.1) is 11.3 Å². The second-order valence-corrected chi connectivity index (χ2v) is 8.45. The normalized spacial score (nSPS) is 11.1. The lowest BCUT2D eigenvalue weighted by Crippen LogP contribution is -2.23. The Morgan fingerprint density at radius 1 is 1.11 bits per heavy atom. The summed E-state index contributed by atoms with van der Waals surface area (Å²) in [6.07, 6.45) is 4.22. The first-order chi connectivity index (χ1) is 17.6. The topological polar surface area (TPSA) is 79.9 Å². The van der Waals surface area contributed by atoms with Crippen LogP contribution in [0.1, 0.15) is 24.5 Å². The van der Waals surface area contributed by atoms with Crippen molar-refractivity contribution in [3.05, 3.63) is 107 Å². The molecule has 0 unspecified atom stereocenters. The number of carbonyl (C=O) groups is 1. The molecule has 1 aromatic heterocycles. The van der Waals surface area contributed by atoms with Crippen molar-refractivity contribution in [3.8, 4) is 28.8 Å². The summed E-state index contributed by atoms with van der Waals surface area (Å²) in [5, 5.41) is 17.8. The van der Waals surface area contributed by atoms with Gasteiger partial charge >= 0.3 is 0 Å². The highest BCUT2D eigenvalue weighted by Crippen LogP contribution is 2.32. The summed E-state index contributed by atoms with van der Waals surface area (Å²) in [6.45, 7) is 2.92. The van der Waals surface area contributed by atoms with E-state index in [-0.39, 0.29) is 5.57 Å². The maximum absolute atomic E-state index is 12.8. The average Bonchev–Trinajstić information content (AvgIpc) is 3.34. The third-order valence-corrected chi connectivity index (χ3v) is 5.69. The van der Waals surface area contributed by atoms with Gasteiger partial charge in [-0.2, -0.15) is 10.4 Å². The second kappa shape index (κ2) is 11.9. The lowest BCUT2D eigenvalue weighted by atomic mass is 10.1. The molecule has 180 valence electrons. The number of benzene rings is 3. The molecule has 0 aliphatic carbocycles. The number of halogens is 1. The fourth-order valence-electron chi connectivity index (χ4n) is 3.58. The molecule has 36 heavy (non-hydrogen) atoms. The number of para-hydroxylation sites is 1. The lowest BCUT2D eigenvalue weighted by Gasteiger charge is -2.08. The molecule has 0 fully saturated rings. The van der Waals surface area contributed by atoms with Gasteiger partial charge in [0.25, 0.3) is 5.91 Å². The van der Waals surface area contributed by atoms with Crippen molar-refractivity contribution in [1.29, 1.82) is 5.26 Å². The minimum absolute atomic E-state index is 0.0196. The fourth-order valence-corrected chi connectivity index (χ4v) is 3.82. The van der Waals surface area contributed by atoms with Crippen molar-refractivity contribution in [2.24, 2.45) is 0 Å². The van der Waals surface area contributed by atoms with E-state index in [0.717, 1.165) is 23.2 Å². The van der Waals surface area contributed by atoms with E-state index in [9.17, 15) is 10.1 Å². The van der Waals surface area contributed by atoms with Gasteiger partial charge in [0, 0.05) is 23.9 Å². The number of nitrogens with one attached hydrogen (secondary N) is 1. The van der Waals surface area contributed by atoms with Gasteiger partial charge in [0.1, 0.15) is 23.1 Å². The van der Waals surface area contributed by atoms with Crippen LogP contribution in [0.5, 0.6) is 5.75 Å². The van der Waals surface area contributed by atoms with Gasteiger partial charge < -0.3 is 10.1 Å². The van der Waals surface area contributed by atoms with Crippen molar-refractivity contribution >= 4 is 23.6 Å². The number of ether oxygens (including phenoxy) is 1. The molecule has 3 aromatic carbocycles. The molecule has 6 nitrogen and oxygen atoms in total. The summed E-state index contributed by atoms with van der Waals surface area (Å²) in [7, 11) is 0. The van der Waals surface area contributed by atoms with E-state index in [1.165, 1.54) is 0 Å². The van der Waals surface area contributed by atoms with Gasteiger partial charge in [-0.25, -0.2) is 4.68 Å². The monoisotopic (exact) mass is 496 g/mol. The molecule has 1 amide bonds. The molecule has 0 spiro atoms. The average molecular weight is 497 g/mol. The molecule has 0 atom stereocenters. The van der Waals surface area contributed by atoms with Crippen LogP contribution < -0.4 is 10.1 Å². The van der Waals surface area contributed by atoms with Crippen LogP contribution in [0.25, 0.3) is 23.0 Å². The first kappa shape index (κ1) is 24.8. The molecule has 4 aromatic rings. The van der Waals surface area contributed by atoms with Crippen LogP contribution in [0.2, 0.25) is 5.02 Å². The Balaban J connectivity index is 1.69. The number of nitrogens with zero attached hydrogens (tertiary/aromatic N) is 3. The number of nitriles is 1. The Kier molecular flexibility index (Phi) is 8.17. The molecule has 7 heteroatoms. The Bertz CT molecular complexity index is 1410. The number of aromatic nitrogens is 2. The lowest BCUT2D eigenvalue weighted by molar-refractivity contribution is -0.117. The van der Waals surface area contributed by atoms with Crippen LogP contribution in [0.4, 0.5) is 0 Å². The van der Waals surface area contributed by atoms with Gasteiger partial charge in [-0.1, -0.05) is 67.1 Å². The predicted octanol–water partition coefficient (Wildman–Crippen LogP) is 6.20. The Hall–Kier alpha value is -4.34. The van der Waals surface area contributed by atoms with E-state index in [1.807, 2.05) is 79.7 Å². The van der Waals surface area contributed by atoms with Crippen LogP contribution in [-0.2, 0) is 11.3 Å². The van der Waals surface area contributed by atoms with Crippen LogP contribution in [-0.4, -0.2) is 22.3 Å². The summed E-state index contributed by atoms with van der Waals surface area (Å²) < 4.78 is 7.41. The van der Waals surface area contributed by atoms with Gasteiger partial charge in [0.05, 0.1) is 17.3 Å². The van der Waals surface area contributed by atoms with Crippen molar-refractivity contribution in [1.82, 2.24) is 15.1 Å². The minimum atomic E-state index is -0.457. The van der Waals surface area contributed by atoms with Gasteiger partial charge in [-0.15, -0.1) is 0 Å². The molecule has 0 saturated carbocycles. The molecule has 0 aliphatic rings. The number of hydrogen-bond donors (Lipinski definition) is 1. The Labute approximate surface area is 215 Å². The third kappa shape index (κ3) is 6.01. The van der Waals surface area contributed by atoms with Crippen molar-refractivity contribution in [2.75, 3.05) is 6.61 Å². The maximum atomic E-state index is 12.8. The highest BCUT2D eigenvalue weighted by Gasteiger charge is 2.16. The van der Waals surface area contributed by atoms with E-state index >= 15 is 0 Å². The summed E-state index contributed by atoms with van der Waals surface area (Å²) in [6, 6.07) is 26.6. The summed E-state index contributed by atoms with van der Waals surface area (Å²) in [5.41, 5.74) is 3.72. The van der Waals surface area contributed by atoms with Crippen molar-refractivity contribution in [2.45, 2.75) is 19.9 Å². The van der Waals surface area contributed by atoms with Gasteiger partial charge in [0.15, 0.2) is 0 Å². The summed E-state index contributed by atoms with van der Waals surface area (Å²) in [5.74, 6) is 0.140. The Morgan fingerprint density at radius 2 is 1.83 bits per heavy atom. The summed E-state index contributed by atoms with van der Waals surface area (Å²) in [4.78, 5) is 12.8. The number of rotatable bonds is 9. The number of amides is 1. The van der Waals surface area contributed by atoms with E-state index in [1.54, 1.807) is 29.1 Å². The standard InChI is InChI=1S/C29H25ClN4O2/c1-2-15-36-27-14-13-22(17-26(27)30)28-24(20-34(33-28)25-11-7-4-8-12-25)16-23(18-31)29(35)32-19-21-9-5-3-6-10-21/h3-14,16-17,20H,2,15,19H2,1H3,(H,32,35). The number of hydrogen-bond acceptors (Lipinski definition) is 4. The predicted molar refractivity (Wildman–Crippen MR) is 142 cm³/mol. The number of carbonyl (C=O) groups excluding carboxylic acids is 1. The quantitative estimate of drug-likeness (QED) is 0.221. The van der Waals surface area contributed by atoms with Gasteiger partial charge in [0.2, 0.25) is 0 Å². The van der Waals surface area contributed by atoms with E-state index in [0.29, 0.717) is 35.2 Å². The molecule has 1 N–H and O–H groups in total. The molecular weight excluding hydrogens is 472 g/mol. The molecule has 0 saturated heterocycles. The molecule has 4 rings (SSSR count). The molecule has 1 heterocycles. The molecular formula is C29H25ClN4O2. The van der Waals surface area contributed by atoms with Crippen LogP contribution >= 0.6 is 11.6 Å². The van der Waals surface area contributed by atoms with Gasteiger partial charge in [-0.3, -0.25) is 4.79 Å². The second-order valence-electron chi connectivity index (χ2n) is 8.04. The van der Waals surface area contributed by atoms with Gasteiger partial charge in [-0.05, 0) is 48.4 Å². The summed E-state index contributed by atoms with van der Waals surface area (Å²) >= 11 is 6.48. The first-order valence-corrected chi connectivity index (χ1v) is 12.0. The minimum Gasteiger partial charge on any atom is -0.492 e. The Morgan fingerprint density at radius 3 is 2.50 bits per heavy atom. The first-order valence-electron chi connectivity index (χ1n) is 11.6. The zero-order chi connectivity index (χ0) is 25.3. The third-order valence-electron chi connectivity index (χ3n) is 5.39. The molecule has 0 aliphatic heterocycles. The van der Waals surface area contributed by atoms with Crippen LogP contribution in [0.3, 0.4) is 0 Å². The molecule has 0 bridgehead atoms. The van der Waals surface area contributed by atoms with E-state index in [2.05, 4.69) is 5.32 Å². The van der Waals surface area contributed by atoms with E-state index in [4.69, 9.17) is 21.4 Å². The van der Waals surface area contributed by atoms with Crippen molar-refractivity contribution < 1.29 is 9.53 Å². The fraction of sp³-hybridized carbons (Fsp3) is 0.138. The zero-order valence-corrected chi connectivity index (χ0v) is 20.6. The SMILES string of the molecule is CCCOc1ccc(-c2nn(-c3ccccc3)cc2C=C(C#N)C(=O)NCc2ccccc2)cc1Cl. The highest BCUT2D eigenvalue weighted by molar-refractivity contribution is 6.32. The smallest absolute Gasteiger partial charge is 0.262 e.